The third-order valence-corrected chi connectivity index (χ3v) is 7.20. The molecule has 3 aromatic carbocycles. The molecule has 2 N–H and O–H groups in total. The van der Waals surface area contributed by atoms with Gasteiger partial charge in [0.25, 0.3) is 5.91 Å². The maximum atomic E-state index is 14.5. The first-order valence-electron chi connectivity index (χ1n) is 14.3. The molecule has 8 nitrogen and oxygen atoms in total. The average Bonchev–Trinajstić information content (AvgIpc) is 3.78. The number of rotatable bonds is 10. The smallest absolute Gasteiger partial charge is 0.408 e. The predicted octanol–water partition coefficient (Wildman–Crippen LogP) is 6.12. The second-order valence-electron chi connectivity index (χ2n) is 11.8. The number of carbonyl (C=O) groups excluding carboxylic acids is 3. The first-order valence-corrected chi connectivity index (χ1v) is 14.3. The summed E-state index contributed by atoms with van der Waals surface area (Å²) in [4.78, 5) is 43.2. The van der Waals surface area contributed by atoms with E-state index < -0.39 is 23.8 Å². The van der Waals surface area contributed by atoms with Crippen molar-refractivity contribution in [3.8, 4) is 5.75 Å². The number of aryl methyl sites for hydroxylation is 2. The number of hydrogen-bond acceptors (Lipinski definition) is 5. The van der Waals surface area contributed by atoms with Gasteiger partial charge in [-0.2, -0.15) is 0 Å². The van der Waals surface area contributed by atoms with E-state index in [1.165, 1.54) is 0 Å². The lowest BCUT2D eigenvalue weighted by Gasteiger charge is -2.35. The molecule has 2 unspecified atom stereocenters. The maximum Gasteiger partial charge on any atom is 0.408 e. The standard InChI is InChI=1S/C34H41N3O5/c1-22-12-13-25(20-23(22)2)30(31(38)35-26-14-18-28(41-6)19-15-26)37(27-16-17-27)32(39)29(21-24-10-8-7-9-11-24)36-33(40)42-34(3,4)5/h7-15,18-20,27,29-30H,16-17,21H2,1-6H3,(H,35,38)(H,36,40). The molecule has 0 spiro atoms. The van der Waals surface area contributed by atoms with Gasteiger partial charge in [-0.25, -0.2) is 4.79 Å². The summed E-state index contributed by atoms with van der Waals surface area (Å²) in [6.45, 7) is 9.32. The van der Waals surface area contributed by atoms with E-state index in [2.05, 4.69) is 10.6 Å². The Bertz CT molecular complexity index is 1390. The summed E-state index contributed by atoms with van der Waals surface area (Å²) >= 11 is 0. The lowest BCUT2D eigenvalue weighted by Crippen LogP contribution is -2.54. The first-order chi connectivity index (χ1) is 19.9. The van der Waals surface area contributed by atoms with Gasteiger partial charge in [0.15, 0.2) is 0 Å². The van der Waals surface area contributed by atoms with E-state index in [9.17, 15) is 14.4 Å². The number of nitrogens with one attached hydrogen (secondary N) is 2. The second kappa shape index (κ2) is 13.1. The van der Waals surface area contributed by atoms with E-state index in [0.717, 1.165) is 29.5 Å². The van der Waals surface area contributed by atoms with Crippen LogP contribution in [0.1, 0.15) is 61.9 Å². The fourth-order valence-corrected chi connectivity index (χ4v) is 4.81. The molecule has 0 aliphatic heterocycles. The molecule has 1 saturated carbocycles. The zero-order valence-corrected chi connectivity index (χ0v) is 25.3. The number of ether oxygens (including phenoxy) is 2. The molecule has 4 rings (SSSR count). The summed E-state index contributed by atoms with van der Waals surface area (Å²) in [6.07, 6.45) is 1.11. The predicted molar refractivity (Wildman–Crippen MR) is 163 cm³/mol. The number of benzene rings is 3. The molecular weight excluding hydrogens is 530 g/mol. The number of alkyl carbamates (subject to hydrolysis) is 1. The Morgan fingerprint density at radius 1 is 0.929 bits per heavy atom. The van der Waals surface area contributed by atoms with E-state index in [-0.39, 0.29) is 24.3 Å². The van der Waals surface area contributed by atoms with Crippen molar-refractivity contribution >= 4 is 23.6 Å². The van der Waals surface area contributed by atoms with Crippen molar-refractivity contribution in [1.82, 2.24) is 10.2 Å². The average molecular weight is 572 g/mol. The van der Waals surface area contributed by atoms with Crippen LogP contribution in [-0.2, 0) is 20.7 Å². The molecule has 1 fully saturated rings. The highest BCUT2D eigenvalue weighted by molar-refractivity contribution is 5.99. The summed E-state index contributed by atoms with van der Waals surface area (Å²) in [7, 11) is 1.58. The highest BCUT2D eigenvalue weighted by Gasteiger charge is 2.44. The normalized spacial score (nSPS) is 14.3. The Labute approximate surface area is 248 Å². The third-order valence-electron chi connectivity index (χ3n) is 7.20. The fraction of sp³-hybridized carbons (Fsp3) is 0.382. The molecule has 8 heteroatoms. The second-order valence-corrected chi connectivity index (χ2v) is 11.8. The van der Waals surface area contributed by atoms with Crippen LogP contribution in [0, 0.1) is 13.8 Å². The number of methoxy groups -OCH3 is 1. The Balaban J connectivity index is 1.72. The van der Waals surface area contributed by atoms with Crippen molar-refractivity contribution in [2.24, 2.45) is 0 Å². The topological polar surface area (TPSA) is 97.0 Å². The Hall–Kier alpha value is -4.33. The molecule has 0 aromatic heterocycles. The van der Waals surface area contributed by atoms with Crippen molar-refractivity contribution < 1.29 is 23.9 Å². The number of carbonyl (C=O) groups is 3. The van der Waals surface area contributed by atoms with E-state index in [4.69, 9.17) is 9.47 Å². The van der Waals surface area contributed by atoms with Gasteiger partial charge in [0.1, 0.15) is 23.4 Å². The minimum atomic E-state index is -0.939. The van der Waals surface area contributed by atoms with Crippen molar-refractivity contribution in [1.29, 1.82) is 0 Å². The summed E-state index contributed by atoms with van der Waals surface area (Å²) < 4.78 is 10.8. The van der Waals surface area contributed by atoms with Crippen LogP contribution in [0.4, 0.5) is 10.5 Å². The lowest BCUT2D eigenvalue weighted by atomic mass is 9.97. The largest absolute Gasteiger partial charge is 0.497 e. The van der Waals surface area contributed by atoms with Gasteiger partial charge in [-0.1, -0.05) is 48.5 Å². The molecule has 3 amide bonds. The number of anilines is 1. The summed E-state index contributed by atoms with van der Waals surface area (Å²) in [5.74, 6) is 0.00480. The van der Waals surface area contributed by atoms with Gasteiger partial charge in [-0.3, -0.25) is 9.59 Å². The Morgan fingerprint density at radius 3 is 2.17 bits per heavy atom. The summed E-state index contributed by atoms with van der Waals surface area (Å²) in [5, 5.41) is 5.82. The van der Waals surface area contributed by atoms with Gasteiger partial charge in [-0.15, -0.1) is 0 Å². The molecule has 0 heterocycles. The quantitative estimate of drug-likeness (QED) is 0.306. The van der Waals surface area contributed by atoms with Gasteiger partial charge >= 0.3 is 6.09 Å². The highest BCUT2D eigenvalue weighted by Crippen LogP contribution is 2.37. The minimum Gasteiger partial charge on any atom is -0.497 e. The zero-order valence-electron chi connectivity index (χ0n) is 25.3. The number of nitrogens with zero attached hydrogens (tertiary/aromatic N) is 1. The summed E-state index contributed by atoms with van der Waals surface area (Å²) in [6, 6.07) is 20.4. The van der Waals surface area contributed by atoms with Gasteiger partial charge in [-0.05, 0) is 94.0 Å². The Morgan fingerprint density at radius 2 is 1.60 bits per heavy atom. The van der Waals surface area contributed by atoms with Gasteiger partial charge < -0.3 is 25.0 Å². The highest BCUT2D eigenvalue weighted by atomic mass is 16.6. The monoisotopic (exact) mass is 571 g/mol. The number of hydrogen-bond donors (Lipinski definition) is 2. The maximum absolute atomic E-state index is 14.5. The van der Waals surface area contributed by atoms with Crippen molar-refractivity contribution in [2.75, 3.05) is 12.4 Å². The molecule has 0 saturated heterocycles. The van der Waals surface area contributed by atoms with Crippen molar-refractivity contribution in [3.05, 3.63) is 95.1 Å². The van der Waals surface area contributed by atoms with E-state index in [1.54, 1.807) is 57.0 Å². The molecule has 2 atom stereocenters. The van der Waals surface area contributed by atoms with Gasteiger partial charge in [0, 0.05) is 18.2 Å². The van der Waals surface area contributed by atoms with Gasteiger partial charge in [0.2, 0.25) is 5.91 Å². The van der Waals surface area contributed by atoms with E-state index >= 15 is 0 Å². The minimum absolute atomic E-state index is 0.135. The molecule has 1 aliphatic carbocycles. The van der Waals surface area contributed by atoms with Crippen LogP contribution in [0.5, 0.6) is 5.75 Å². The van der Waals surface area contributed by atoms with E-state index in [0.29, 0.717) is 17.0 Å². The molecule has 42 heavy (non-hydrogen) atoms. The van der Waals surface area contributed by atoms with Crippen LogP contribution in [0.15, 0.2) is 72.8 Å². The van der Waals surface area contributed by atoms with Crippen molar-refractivity contribution in [3.63, 3.8) is 0 Å². The number of amides is 3. The van der Waals surface area contributed by atoms with Crippen molar-refractivity contribution in [2.45, 2.75) is 77.6 Å². The molecule has 0 radical (unpaired) electrons. The van der Waals surface area contributed by atoms with Crippen LogP contribution in [0.25, 0.3) is 0 Å². The third kappa shape index (κ3) is 8.12. The molecule has 0 bridgehead atoms. The van der Waals surface area contributed by atoms with Crippen LogP contribution < -0.4 is 15.4 Å². The molecule has 3 aromatic rings. The van der Waals surface area contributed by atoms with E-state index in [1.807, 2.05) is 62.4 Å². The fourth-order valence-electron chi connectivity index (χ4n) is 4.81. The summed E-state index contributed by atoms with van der Waals surface area (Å²) in [5.41, 5.74) is 3.55. The first kappa shape index (κ1) is 30.6. The Kier molecular flexibility index (Phi) is 9.55. The molecule has 1 aliphatic rings. The molecular formula is C34H41N3O5. The molecule has 222 valence electrons. The van der Waals surface area contributed by atoms with Crippen LogP contribution in [0.2, 0.25) is 0 Å². The van der Waals surface area contributed by atoms with Crippen LogP contribution in [0.3, 0.4) is 0 Å². The lowest BCUT2D eigenvalue weighted by molar-refractivity contribution is -0.141. The van der Waals surface area contributed by atoms with Crippen LogP contribution >= 0.6 is 0 Å². The van der Waals surface area contributed by atoms with Crippen LogP contribution in [-0.4, -0.2) is 47.6 Å². The zero-order chi connectivity index (χ0) is 30.4. The SMILES string of the molecule is COc1ccc(NC(=O)C(c2ccc(C)c(C)c2)N(C(=O)C(Cc2ccccc2)NC(=O)OC(C)(C)C)C2CC2)cc1. The van der Waals surface area contributed by atoms with Gasteiger partial charge in [0.05, 0.1) is 7.11 Å².